The molecule has 1 unspecified atom stereocenters. The number of thiazole rings is 1. The van der Waals surface area contributed by atoms with Crippen LogP contribution in [0.3, 0.4) is 0 Å². The first-order valence-electron chi connectivity index (χ1n) is 6.98. The predicted molar refractivity (Wildman–Crippen MR) is 84.9 cm³/mol. The van der Waals surface area contributed by atoms with Crippen molar-refractivity contribution in [2.24, 2.45) is 0 Å². The smallest absolute Gasteiger partial charge is 0.123 e. The first-order valence-corrected chi connectivity index (χ1v) is 7.86. The van der Waals surface area contributed by atoms with Gasteiger partial charge in [0, 0.05) is 23.5 Å². The Hall–Kier alpha value is -1.23. The number of nitrogens with zero attached hydrogens (tertiary/aromatic N) is 2. The first-order chi connectivity index (χ1) is 9.63. The lowest BCUT2D eigenvalue weighted by atomic mass is 10.1. The van der Waals surface area contributed by atoms with Crippen LogP contribution in [0.4, 0.5) is 0 Å². The van der Waals surface area contributed by atoms with Gasteiger partial charge in [0.25, 0.3) is 0 Å². The minimum absolute atomic E-state index is 0.156. The Bertz CT molecular complexity index is 536. The van der Waals surface area contributed by atoms with Crippen molar-refractivity contribution in [3.8, 4) is 10.6 Å². The molecule has 0 bridgehead atoms. The van der Waals surface area contributed by atoms with Crippen molar-refractivity contribution in [3.63, 3.8) is 0 Å². The van der Waals surface area contributed by atoms with Crippen LogP contribution in [0.1, 0.15) is 25.1 Å². The first kappa shape index (κ1) is 15.2. The van der Waals surface area contributed by atoms with Gasteiger partial charge in [-0.05, 0) is 26.0 Å². The molecule has 1 aromatic carbocycles. The van der Waals surface area contributed by atoms with Crippen LogP contribution < -0.4 is 0 Å². The van der Waals surface area contributed by atoms with E-state index >= 15 is 0 Å². The maximum Gasteiger partial charge on any atom is 0.123 e. The quantitative estimate of drug-likeness (QED) is 0.887. The summed E-state index contributed by atoms with van der Waals surface area (Å²) in [5.74, 6) is 0. The van der Waals surface area contributed by atoms with Gasteiger partial charge < -0.3 is 5.11 Å². The lowest BCUT2D eigenvalue weighted by Crippen LogP contribution is -2.31. The van der Waals surface area contributed by atoms with Crippen LogP contribution >= 0.6 is 11.3 Å². The maximum atomic E-state index is 9.16. The van der Waals surface area contributed by atoms with Crippen molar-refractivity contribution in [2.75, 3.05) is 13.7 Å². The highest BCUT2D eigenvalue weighted by Gasteiger charge is 2.11. The topological polar surface area (TPSA) is 36.4 Å². The largest absolute Gasteiger partial charge is 0.395 e. The summed E-state index contributed by atoms with van der Waals surface area (Å²) < 4.78 is 0. The Morgan fingerprint density at radius 3 is 2.60 bits per heavy atom. The van der Waals surface area contributed by atoms with Crippen molar-refractivity contribution in [1.82, 2.24) is 9.88 Å². The third-order valence-electron chi connectivity index (χ3n) is 3.59. The second kappa shape index (κ2) is 6.97. The molecule has 0 spiro atoms. The summed E-state index contributed by atoms with van der Waals surface area (Å²) in [6, 6.07) is 8.76. The van der Waals surface area contributed by atoms with Gasteiger partial charge in [-0.1, -0.05) is 31.2 Å². The monoisotopic (exact) mass is 290 g/mol. The van der Waals surface area contributed by atoms with E-state index in [-0.39, 0.29) is 12.6 Å². The van der Waals surface area contributed by atoms with Gasteiger partial charge in [0.15, 0.2) is 0 Å². The zero-order valence-corrected chi connectivity index (χ0v) is 13.2. The molecular weight excluding hydrogens is 268 g/mol. The molecule has 3 nitrogen and oxygen atoms in total. The van der Waals surface area contributed by atoms with E-state index in [4.69, 9.17) is 5.11 Å². The van der Waals surface area contributed by atoms with E-state index in [0.717, 1.165) is 23.7 Å². The number of benzene rings is 1. The summed E-state index contributed by atoms with van der Waals surface area (Å²) in [6.07, 6.45) is 1.06. The third-order valence-corrected chi connectivity index (χ3v) is 4.53. The van der Waals surface area contributed by atoms with E-state index < -0.39 is 0 Å². The van der Waals surface area contributed by atoms with E-state index in [9.17, 15) is 0 Å². The van der Waals surface area contributed by atoms with Gasteiger partial charge in [0.05, 0.1) is 12.3 Å². The van der Waals surface area contributed by atoms with Crippen molar-refractivity contribution in [2.45, 2.75) is 32.9 Å². The normalized spacial score (nSPS) is 12.8. The molecule has 0 saturated carbocycles. The number of hydrogen-bond donors (Lipinski definition) is 1. The van der Waals surface area contributed by atoms with Crippen LogP contribution in [0.2, 0.25) is 0 Å². The Morgan fingerprint density at radius 1 is 1.30 bits per heavy atom. The summed E-state index contributed by atoms with van der Waals surface area (Å²) in [7, 11) is 2.01. The maximum absolute atomic E-state index is 9.16. The fraction of sp³-hybridized carbons (Fsp3) is 0.438. The van der Waals surface area contributed by atoms with Crippen molar-refractivity contribution < 1.29 is 5.11 Å². The average Bonchev–Trinajstić information content (AvgIpc) is 2.94. The number of aliphatic hydroxyl groups excluding tert-OH is 1. The molecule has 0 saturated heterocycles. The summed E-state index contributed by atoms with van der Waals surface area (Å²) in [5.41, 5.74) is 3.59. The van der Waals surface area contributed by atoms with Crippen LogP contribution in [0, 0.1) is 0 Å². The molecule has 0 radical (unpaired) electrons. The second-order valence-electron chi connectivity index (χ2n) is 5.14. The molecule has 4 heteroatoms. The van der Waals surface area contributed by atoms with Gasteiger partial charge in [0.2, 0.25) is 0 Å². The van der Waals surface area contributed by atoms with Gasteiger partial charge in [-0.3, -0.25) is 4.90 Å². The Balaban J connectivity index is 2.08. The summed E-state index contributed by atoms with van der Waals surface area (Å²) >= 11 is 1.68. The minimum atomic E-state index is 0.156. The third kappa shape index (κ3) is 3.66. The van der Waals surface area contributed by atoms with Crippen LogP contribution in [0.25, 0.3) is 10.6 Å². The molecule has 1 aromatic heterocycles. The van der Waals surface area contributed by atoms with Crippen LogP contribution in [0.15, 0.2) is 29.6 Å². The molecule has 1 N–H and O–H groups in total. The van der Waals surface area contributed by atoms with E-state index in [2.05, 4.69) is 46.5 Å². The number of aliphatic hydroxyl groups is 1. The number of hydrogen-bond acceptors (Lipinski definition) is 4. The van der Waals surface area contributed by atoms with E-state index in [1.54, 1.807) is 11.3 Å². The molecule has 0 aliphatic carbocycles. The van der Waals surface area contributed by atoms with E-state index in [0.29, 0.717) is 0 Å². The van der Waals surface area contributed by atoms with E-state index in [1.807, 2.05) is 14.0 Å². The Labute approximate surface area is 124 Å². The average molecular weight is 290 g/mol. The van der Waals surface area contributed by atoms with Crippen LogP contribution in [0.5, 0.6) is 0 Å². The summed E-state index contributed by atoms with van der Waals surface area (Å²) in [5, 5.41) is 12.3. The van der Waals surface area contributed by atoms with Crippen LogP contribution in [-0.4, -0.2) is 34.7 Å². The molecule has 2 rings (SSSR count). The molecule has 0 aliphatic rings. The molecule has 0 aliphatic heterocycles. The molecule has 2 aromatic rings. The number of likely N-dealkylation sites (N-methyl/N-ethyl adjacent to an activating group) is 1. The van der Waals surface area contributed by atoms with Crippen molar-refractivity contribution in [3.05, 3.63) is 40.9 Å². The highest BCUT2D eigenvalue weighted by atomic mass is 32.1. The van der Waals surface area contributed by atoms with Gasteiger partial charge >= 0.3 is 0 Å². The van der Waals surface area contributed by atoms with Gasteiger partial charge in [-0.25, -0.2) is 4.98 Å². The zero-order valence-electron chi connectivity index (χ0n) is 12.3. The molecule has 1 heterocycles. The molecule has 108 valence electrons. The van der Waals surface area contributed by atoms with Crippen molar-refractivity contribution >= 4 is 11.3 Å². The molecular formula is C16H22N2OS. The molecule has 1 atom stereocenters. The van der Waals surface area contributed by atoms with Crippen LogP contribution in [-0.2, 0) is 13.0 Å². The number of aryl methyl sites for hydroxylation is 1. The lowest BCUT2D eigenvalue weighted by Gasteiger charge is -2.21. The second-order valence-corrected chi connectivity index (χ2v) is 6.00. The highest BCUT2D eigenvalue weighted by Crippen LogP contribution is 2.24. The molecule has 0 fully saturated rings. The summed E-state index contributed by atoms with van der Waals surface area (Å²) in [6.45, 7) is 5.11. The number of aromatic nitrogens is 1. The molecule has 20 heavy (non-hydrogen) atoms. The Morgan fingerprint density at radius 2 is 2.00 bits per heavy atom. The Kier molecular flexibility index (Phi) is 5.29. The molecule has 0 amide bonds. The lowest BCUT2D eigenvalue weighted by molar-refractivity contribution is 0.153. The number of rotatable bonds is 6. The zero-order chi connectivity index (χ0) is 14.5. The fourth-order valence-corrected chi connectivity index (χ4v) is 2.76. The van der Waals surface area contributed by atoms with Gasteiger partial charge in [-0.15, -0.1) is 11.3 Å². The van der Waals surface area contributed by atoms with Gasteiger partial charge in [-0.2, -0.15) is 0 Å². The van der Waals surface area contributed by atoms with Gasteiger partial charge in [0.1, 0.15) is 5.01 Å². The summed E-state index contributed by atoms with van der Waals surface area (Å²) in [4.78, 5) is 6.80. The highest BCUT2D eigenvalue weighted by molar-refractivity contribution is 7.13. The predicted octanol–water partition coefficient (Wildman–Crippen LogP) is 3.19. The van der Waals surface area contributed by atoms with Crippen molar-refractivity contribution in [1.29, 1.82) is 0 Å². The SMILES string of the molecule is CCc1ccc(-c2nc(CN(C)C(C)CO)cs2)cc1. The van der Waals surface area contributed by atoms with E-state index in [1.165, 1.54) is 11.1 Å². The minimum Gasteiger partial charge on any atom is -0.395 e. The standard InChI is InChI=1S/C16H22N2OS/c1-4-13-5-7-14(8-6-13)16-17-15(11-20-16)9-18(3)12(2)10-19/h5-8,11-12,19H,4,9-10H2,1-3H3. The fourth-order valence-electron chi connectivity index (χ4n) is 1.95.